The van der Waals surface area contributed by atoms with Crippen LogP contribution >= 0.6 is 11.3 Å². The standard InChI is InChI=1S/C38H47F2NO5S/c1-34-11-7-25(43)19-36(34)14-15-38(28(20-36)33(45)24-5-6-29(39)30(40)18-24)31(34)8-12-35(2)32(38)9-13-37(35,46)23-41(21-26(44)22-42)16-10-27-4-3-17-47-27/h3-6,14-15,17-18,20,25-26,31-32,42-44,46H,7-13,16,19,21-23H2,1-2H3. The lowest BCUT2D eigenvalue weighted by atomic mass is 9.32. The van der Waals surface area contributed by atoms with Gasteiger partial charge in [-0.3, -0.25) is 9.69 Å². The number of allylic oxidation sites excluding steroid dienone is 4. The van der Waals surface area contributed by atoms with Crippen LogP contribution in [0.4, 0.5) is 8.78 Å². The molecule has 0 amide bonds. The molecule has 8 rings (SSSR count). The number of benzene rings is 1. The monoisotopic (exact) mass is 667 g/mol. The summed E-state index contributed by atoms with van der Waals surface area (Å²) in [6.45, 7) is 5.30. The van der Waals surface area contributed by atoms with Crippen molar-refractivity contribution in [2.75, 3.05) is 26.2 Å². The molecule has 1 heterocycles. The SMILES string of the molecule is CC12CCC(O)CC13C=CC1(C(C(=O)c4ccc(F)c(F)c4)=C3)C2CCC2(C)C1CCC2(O)CN(CCc1cccs1)CC(O)CO. The van der Waals surface area contributed by atoms with Crippen LogP contribution < -0.4 is 0 Å². The van der Waals surface area contributed by atoms with Gasteiger partial charge in [-0.05, 0) is 98.3 Å². The van der Waals surface area contributed by atoms with E-state index in [1.807, 2.05) is 11.4 Å². The topological polar surface area (TPSA) is 101 Å². The van der Waals surface area contributed by atoms with Crippen LogP contribution in [0.5, 0.6) is 0 Å². The summed E-state index contributed by atoms with van der Waals surface area (Å²) in [5.41, 5.74) is -2.47. The van der Waals surface area contributed by atoms with Crippen molar-refractivity contribution in [1.29, 1.82) is 0 Å². The number of aliphatic hydroxyl groups is 4. The predicted molar refractivity (Wildman–Crippen MR) is 177 cm³/mol. The fourth-order valence-electron chi connectivity index (χ4n) is 11.1. The Balaban J connectivity index is 1.29. The molecule has 6 nitrogen and oxygen atoms in total. The Bertz CT molecular complexity index is 1600. The number of ketones is 1. The minimum absolute atomic E-state index is 0.0771. The first kappa shape index (κ1) is 33.2. The largest absolute Gasteiger partial charge is 0.394 e. The molecule has 9 atom stereocenters. The van der Waals surface area contributed by atoms with Gasteiger partial charge >= 0.3 is 0 Å². The van der Waals surface area contributed by atoms with Crippen LogP contribution in [0.15, 0.2) is 59.5 Å². The van der Waals surface area contributed by atoms with E-state index in [0.717, 1.165) is 37.8 Å². The third-order valence-corrected chi connectivity index (χ3v) is 14.5. The van der Waals surface area contributed by atoms with Crippen LogP contribution in [0.2, 0.25) is 0 Å². The van der Waals surface area contributed by atoms with Gasteiger partial charge in [-0.15, -0.1) is 11.3 Å². The lowest BCUT2D eigenvalue weighted by Gasteiger charge is -2.71. The second-order valence-electron chi connectivity index (χ2n) is 15.7. The van der Waals surface area contributed by atoms with E-state index in [1.54, 1.807) is 11.3 Å². The number of fused-ring (bicyclic) bond motifs is 1. The van der Waals surface area contributed by atoms with Gasteiger partial charge in [-0.2, -0.15) is 0 Å². The zero-order chi connectivity index (χ0) is 33.4. The lowest BCUT2D eigenvalue weighted by Crippen LogP contribution is -2.67. The molecule has 1 aromatic heterocycles. The van der Waals surface area contributed by atoms with Crippen molar-refractivity contribution in [3.05, 3.63) is 81.6 Å². The van der Waals surface area contributed by atoms with Gasteiger partial charge in [0.15, 0.2) is 17.4 Å². The summed E-state index contributed by atoms with van der Waals surface area (Å²) in [6.07, 6.45) is 10.6. The minimum atomic E-state index is -1.12. The van der Waals surface area contributed by atoms with Gasteiger partial charge in [-0.1, -0.05) is 38.1 Å². The number of rotatable bonds is 10. The summed E-state index contributed by atoms with van der Waals surface area (Å²) in [6, 6.07) is 7.45. The van der Waals surface area contributed by atoms with Gasteiger partial charge in [0.2, 0.25) is 0 Å². The summed E-state index contributed by atoms with van der Waals surface area (Å²) < 4.78 is 28.5. The Kier molecular flexibility index (Phi) is 8.25. The highest BCUT2D eigenvalue weighted by atomic mass is 32.1. The maximum Gasteiger partial charge on any atom is 0.189 e. The van der Waals surface area contributed by atoms with Crippen molar-refractivity contribution >= 4 is 17.1 Å². The number of halogens is 2. The number of thiophene rings is 1. The number of Topliss-reactive ketones (excluding diaryl/α,β-unsaturated/α-hetero) is 1. The van der Waals surface area contributed by atoms with Crippen molar-refractivity contribution in [3.63, 3.8) is 0 Å². The predicted octanol–water partition coefficient (Wildman–Crippen LogP) is 5.70. The number of aliphatic hydroxyl groups excluding tert-OH is 3. The maximum atomic E-state index is 14.6. The number of hydrogen-bond acceptors (Lipinski definition) is 7. The number of nitrogens with zero attached hydrogens (tertiary/aromatic N) is 1. The fraction of sp³-hybridized carbons (Fsp3) is 0.605. The van der Waals surface area contributed by atoms with Crippen LogP contribution in [0, 0.1) is 45.1 Å². The smallest absolute Gasteiger partial charge is 0.189 e. The van der Waals surface area contributed by atoms with E-state index in [1.165, 1.54) is 10.9 Å². The average Bonchev–Trinajstić information content (AvgIpc) is 3.66. The molecule has 3 fully saturated rings. The molecule has 254 valence electrons. The molecule has 0 radical (unpaired) electrons. The molecule has 9 heteroatoms. The first-order valence-electron chi connectivity index (χ1n) is 17.2. The molecular weight excluding hydrogens is 620 g/mol. The first-order valence-corrected chi connectivity index (χ1v) is 18.1. The molecule has 47 heavy (non-hydrogen) atoms. The fourth-order valence-corrected chi connectivity index (χ4v) is 11.8. The van der Waals surface area contributed by atoms with Gasteiger partial charge < -0.3 is 20.4 Å². The van der Waals surface area contributed by atoms with Crippen LogP contribution in [0.25, 0.3) is 0 Å². The summed E-state index contributed by atoms with van der Waals surface area (Å²) in [7, 11) is 0. The Labute approximate surface area is 279 Å². The minimum Gasteiger partial charge on any atom is -0.394 e. The highest BCUT2D eigenvalue weighted by Crippen LogP contribution is 2.78. The first-order chi connectivity index (χ1) is 22.3. The average molecular weight is 668 g/mol. The zero-order valence-electron chi connectivity index (χ0n) is 27.3. The maximum absolute atomic E-state index is 14.6. The van der Waals surface area contributed by atoms with Crippen molar-refractivity contribution < 1.29 is 34.0 Å². The molecule has 0 saturated heterocycles. The van der Waals surface area contributed by atoms with Crippen LogP contribution in [0.1, 0.15) is 74.0 Å². The molecule has 4 N–H and O–H groups in total. The van der Waals surface area contributed by atoms with E-state index in [0.29, 0.717) is 44.3 Å². The van der Waals surface area contributed by atoms with Gasteiger partial charge in [0.1, 0.15) is 0 Å². The molecular formula is C38H47F2NO5S. The van der Waals surface area contributed by atoms with Gasteiger partial charge in [0, 0.05) is 51.9 Å². The highest BCUT2D eigenvalue weighted by molar-refractivity contribution is 7.09. The van der Waals surface area contributed by atoms with Crippen LogP contribution in [-0.2, 0) is 6.42 Å². The summed E-state index contributed by atoms with van der Waals surface area (Å²) in [5.74, 6) is -2.40. The zero-order valence-corrected chi connectivity index (χ0v) is 28.1. The third-order valence-electron chi connectivity index (χ3n) is 13.6. The quantitative estimate of drug-likeness (QED) is 0.192. The molecule has 6 aliphatic carbocycles. The van der Waals surface area contributed by atoms with E-state index in [-0.39, 0.29) is 41.7 Å². The molecule has 1 aromatic carbocycles. The lowest BCUT2D eigenvalue weighted by molar-refractivity contribution is -0.177. The Morgan fingerprint density at radius 2 is 1.79 bits per heavy atom. The second-order valence-corrected chi connectivity index (χ2v) is 16.7. The molecule has 2 bridgehead atoms. The molecule has 0 aliphatic heterocycles. The molecule has 3 saturated carbocycles. The van der Waals surface area contributed by atoms with Crippen molar-refractivity contribution in [3.8, 4) is 0 Å². The molecule has 2 spiro atoms. The van der Waals surface area contributed by atoms with Crippen LogP contribution in [-0.4, -0.2) is 75.2 Å². The van der Waals surface area contributed by atoms with E-state index in [4.69, 9.17) is 0 Å². The second kappa shape index (κ2) is 11.7. The van der Waals surface area contributed by atoms with Gasteiger partial charge in [0.25, 0.3) is 0 Å². The molecule has 2 aromatic rings. The summed E-state index contributed by atoms with van der Waals surface area (Å²) >= 11 is 1.67. The van der Waals surface area contributed by atoms with Gasteiger partial charge in [-0.25, -0.2) is 8.78 Å². The number of carbonyl (C=O) groups excluding carboxylic acids is 1. The van der Waals surface area contributed by atoms with E-state index in [2.05, 4.69) is 43.0 Å². The molecule has 9 unspecified atom stereocenters. The van der Waals surface area contributed by atoms with E-state index < -0.39 is 45.7 Å². The van der Waals surface area contributed by atoms with Gasteiger partial charge in [0.05, 0.1) is 24.4 Å². The van der Waals surface area contributed by atoms with E-state index >= 15 is 0 Å². The number of carbonyl (C=O) groups is 1. The normalized spacial score (nSPS) is 39.3. The Hall–Kier alpha value is -2.27. The highest BCUT2D eigenvalue weighted by Gasteiger charge is 2.74. The summed E-state index contributed by atoms with van der Waals surface area (Å²) in [5, 5.41) is 45.9. The Morgan fingerprint density at radius 1 is 1.04 bits per heavy atom. The van der Waals surface area contributed by atoms with Crippen LogP contribution in [0.3, 0.4) is 0 Å². The molecule has 6 aliphatic rings. The summed E-state index contributed by atoms with van der Waals surface area (Å²) in [4.78, 5) is 17.9. The Morgan fingerprint density at radius 3 is 2.51 bits per heavy atom. The van der Waals surface area contributed by atoms with Crippen molar-refractivity contribution in [2.45, 2.75) is 83.0 Å². The number of hydrogen-bond donors (Lipinski definition) is 4. The van der Waals surface area contributed by atoms with Crippen molar-refractivity contribution in [2.24, 2.45) is 33.5 Å². The van der Waals surface area contributed by atoms with Crippen molar-refractivity contribution in [1.82, 2.24) is 4.90 Å². The third kappa shape index (κ3) is 4.89. The van der Waals surface area contributed by atoms with E-state index in [9.17, 15) is 34.0 Å².